The minimum atomic E-state index is -0.267. The van der Waals surface area contributed by atoms with Gasteiger partial charge >= 0.3 is 0 Å². The Morgan fingerprint density at radius 3 is 2.32 bits per heavy atom. The predicted octanol–water partition coefficient (Wildman–Crippen LogP) is 4.55. The number of hydrogen-bond donors (Lipinski definition) is 1. The molecule has 2 aromatic rings. The molecule has 0 radical (unpaired) electrons. The van der Waals surface area contributed by atoms with Gasteiger partial charge in [0.1, 0.15) is 0 Å². The normalized spacial score (nSPS) is 21.4. The van der Waals surface area contributed by atoms with Crippen LogP contribution < -0.4 is 10.2 Å². The third-order valence-electron chi connectivity index (χ3n) is 5.31. The summed E-state index contributed by atoms with van der Waals surface area (Å²) in [6.07, 6.45) is 3.30. The molecule has 0 bridgehead atoms. The van der Waals surface area contributed by atoms with Gasteiger partial charge in [-0.2, -0.15) is 0 Å². The van der Waals surface area contributed by atoms with Crippen molar-refractivity contribution in [1.82, 2.24) is 0 Å². The Kier molecular flexibility index (Phi) is 4.89. The van der Waals surface area contributed by atoms with Crippen molar-refractivity contribution < 1.29 is 14.4 Å². The van der Waals surface area contributed by atoms with E-state index in [-0.39, 0.29) is 29.6 Å². The van der Waals surface area contributed by atoms with Crippen molar-refractivity contribution in [1.29, 1.82) is 0 Å². The minimum Gasteiger partial charge on any atom is -0.322 e. The van der Waals surface area contributed by atoms with Crippen molar-refractivity contribution >= 4 is 45.0 Å². The molecule has 2 aromatic carbocycles. The van der Waals surface area contributed by atoms with Crippen LogP contribution in [-0.4, -0.2) is 17.7 Å². The molecule has 5 nitrogen and oxygen atoms in total. The molecule has 0 unspecified atom stereocenters. The average Bonchev–Trinajstić information content (AvgIpc) is 2.93. The Morgan fingerprint density at radius 1 is 1.00 bits per heavy atom. The molecule has 1 aliphatic heterocycles. The molecule has 1 saturated heterocycles. The van der Waals surface area contributed by atoms with Gasteiger partial charge in [-0.15, -0.1) is 0 Å². The summed E-state index contributed by atoms with van der Waals surface area (Å²) < 4.78 is 0.931. The summed E-state index contributed by atoms with van der Waals surface area (Å²) in [7, 11) is 0. The lowest BCUT2D eigenvalue weighted by Crippen LogP contribution is -2.30. The summed E-state index contributed by atoms with van der Waals surface area (Å²) in [5, 5.41) is 2.82. The lowest BCUT2D eigenvalue weighted by Gasteiger charge is -2.18. The van der Waals surface area contributed by atoms with E-state index < -0.39 is 0 Å². The second-order valence-electron chi connectivity index (χ2n) is 7.22. The van der Waals surface area contributed by atoms with Crippen molar-refractivity contribution in [3.63, 3.8) is 0 Å². The van der Waals surface area contributed by atoms with Crippen LogP contribution in [0.15, 0.2) is 64.7 Å². The molecule has 1 N–H and O–H groups in total. The van der Waals surface area contributed by atoms with Gasteiger partial charge in [0.05, 0.1) is 17.5 Å². The van der Waals surface area contributed by atoms with E-state index in [1.165, 1.54) is 4.90 Å². The fraction of sp³-hybridized carbons (Fsp3) is 0.227. The Labute approximate surface area is 171 Å². The summed E-state index contributed by atoms with van der Waals surface area (Å²) in [5.74, 6) is -1.07. The molecule has 0 spiro atoms. The monoisotopic (exact) mass is 438 g/mol. The Balaban J connectivity index is 1.50. The fourth-order valence-corrected chi connectivity index (χ4v) is 4.05. The second-order valence-corrected chi connectivity index (χ2v) is 8.14. The van der Waals surface area contributed by atoms with Gasteiger partial charge in [-0.05, 0) is 68.3 Å². The predicted molar refractivity (Wildman–Crippen MR) is 111 cm³/mol. The average molecular weight is 439 g/mol. The highest BCUT2D eigenvalue weighted by Crippen LogP contribution is 2.39. The minimum absolute atomic E-state index is 0.144. The van der Waals surface area contributed by atoms with Crippen LogP contribution in [0.25, 0.3) is 0 Å². The van der Waals surface area contributed by atoms with E-state index in [1.54, 1.807) is 36.4 Å². The lowest BCUT2D eigenvalue weighted by atomic mass is 9.82. The van der Waals surface area contributed by atoms with E-state index in [1.807, 2.05) is 25.1 Å². The number of fused-ring (bicyclic) bond motifs is 1. The van der Waals surface area contributed by atoms with Crippen LogP contribution in [0.1, 0.15) is 30.1 Å². The second kappa shape index (κ2) is 7.36. The van der Waals surface area contributed by atoms with Crippen LogP contribution in [-0.2, 0) is 9.59 Å². The topological polar surface area (TPSA) is 66.5 Å². The zero-order valence-electron chi connectivity index (χ0n) is 15.3. The molecular weight excluding hydrogens is 420 g/mol. The Morgan fingerprint density at radius 2 is 1.64 bits per heavy atom. The van der Waals surface area contributed by atoms with E-state index in [2.05, 4.69) is 21.2 Å². The third-order valence-corrected chi connectivity index (χ3v) is 5.84. The summed E-state index contributed by atoms with van der Waals surface area (Å²) >= 11 is 3.36. The van der Waals surface area contributed by atoms with Gasteiger partial charge in [0.2, 0.25) is 11.8 Å². The maximum atomic E-state index is 12.8. The quantitative estimate of drug-likeness (QED) is 0.564. The number of amides is 3. The highest BCUT2D eigenvalue weighted by molar-refractivity contribution is 9.10. The number of nitrogens with one attached hydrogen (secondary N) is 1. The summed E-state index contributed by atoms with van der Waals surface area (Å²) in [4.78, 5) is 39.2. The van der Waals surface area contributed by atoms with E-state index in [0.29, 0.717) is 29.8 Å². The van der Waals surface area contributed by atoms with Crippen LogP contribution >= 0.6 is 15.9 Å². The lowest BCUT2D eigenvalue weighted by molar-refractivity contribution is -0.122. The highest BCUT2D eigenvalue weighted by atomic mass is 79.9. The largest absolute Gasteiger partial charge is 0.322 e. The molecule has 28 heavy (non-hydrogen) atoms. The van der Waals surface area contributed by atoms with Gasteiger partial charge in [-0.25, -0.2) is 0 Å². The summed E-state index contributed by atoms with van der Waals surface area (Å²) in [5.41, 5.74) is 2.82. The van der Waals surface area contributed by atoms with E-state index in [9.17, 15) is 14.4 Å². The van der Waals surface area contributed by atoms with Gasteiger partial charge in [0, 0.05) is 15.7 Å². The maximum Gasteiger partial charge on any atom is 0.255 e. The van der Waals surface area contributed by atoms with E-state index in [4.69, 9.17) is 0 Å². The fourth-order valence-electron chi connectivity index (χ4n) is 3.79. The molecule has 3 amide bonds. The number of allylic oxidation sites excluding steroid dienone is 2. The Hall–Kier alpha value is -2.73. The molecule has 6 heteroatoms. The number of carbonyl (C=O) groups is 3. The summed E-state index contributed by atoms with van der Waals surface area (Å²) in [6.45, 7) is 2.00. The maximum absolute atomic E-state index is 12.8. The van der Waals surface area contributed by atoms with E-state index >= 15 is 0 Å². The molecule has 1 aliphatic carbocycles. The van der Waals surface area contributed by atoms with E-state index in [0.717, 1.165) is 10.0 Å². The van der Waals surface area contributed by atoms with Crippen molar-refractivity contribution in [3.8, 4) is 0 Å². The standard InChI is InChI=1S/C22H19BrN2O3/c1-13-2-11-18-19(12-13)22(28)25(21(18)27)17-9-3-14(4-10-17)20(26)24-16-7-5-15(23)6-8-16/h2-10,18-19H,11-12H2,1H3,(H,24,26)/t18-,19+/m1/s1. The van der Waals surface area contributed by atoms with Crippen LogP contribution in [0.3, 0.4) is 0 Å². The van der Waals surface area contributed by atoms with Crippen molar-refractivity contribution in [2.24, 2.45) is 11.8 Å². The van der Waals surface area contributed by atoms with Crippen LogP contribution in [0, 0.1) is 11.8 Å². The number of hydrogen-bond acceptors (Lipinski definition) is 3. The van der Waals surface area contributed by atoms with Crippen molar-refractivity contribution in [2.45, 2.75) is 19.8 Å². The van der Waals surface area contributed by atoms with Gasteiger partial charge in [-0.1, -0.05) is 27.6 Å². The van der Waals surface area contributed by atoms with Gasteiger partial charge in [0.25, 0.3) is 5.91 Å². The number of halogens is 1. The third kappa shape index (κ3) is 3.40. The van der Waals surface area contributed by atoms with Gasteiger partial charge in [-0.3, -0.25) is 19.3 Å². The SMILES string of the molecule is CC1=CC[C@H]2C(=O)N(c3ccc(C(=O)Nc4ccc(Br)cc4)cc3)C(=O)[C@H]2C1. The number of rotatable bonds is 3. The molecule has 0 aromatic heterocycles. The first-order chi connectivity index (χ1) is 13.4. The van der Waals surface area contributed by atoms with Gasteiger partial charge < -0.3 is 5.32 Å². The molecule has 4 rings (SSSR count). The highest BCUT2D eigenvalue weighted by Gasteiger charge is 2.48. The van der Waals surface area contributed by atoms with Crippen LogP contribution in [0.2, 0.25) is 0 Å². The first kappa shape index (κ1) is 18.6. The zero-order chi connectivity index (χ0) is 19.8. The number of anilines is 2. The number of benzene rings is 2. The first-order valence-electron chi connectivity index (χ1n) is 9.14. The van der Waals surface area contributed by atoms with Crippen molar-refractivity contribution in [2.75, 3.05) is 10.2 Å². The molecule has 1 fully saturated rings. The summed E-state index contributed by atoms with van der Waals surface area (Å²) in [6, 6.07) is 13.9. The molecule has 142 valence electrons. The molecule has 2 aliphatic rings. The van der Waals surface area contributed by atoms with Gasteiger partial charge in [0.15, 0.2) is 0 Å². The Bertz CT molecular complexity index is 980. The van der Waals surface area contributed by atoms with Crippen LogP contribution in [0.4, 0.5) is 11.4 Å². The molecule has 2 atom stereocenters. The number of carbonyl (C=O) groups excluding carboxylic acids is 3. The first-order valence-corrected chi connectivity index (χ1v) is 9.94. The van der Waals surface area contributed by atoms with Crippen LogP contribution in [0.5, 0.6) is 0 Å². The number of nitrogens with zero attached hydrogens (tertiary/aromatic N) is 1. The zero-order valence-corrected chi connectivity index (χ0v) is 16.9. The molecule has 0 saturated carbocycles. The molecular formula is C22H19BrN2O3. The molecule has 1 heterocycles. The number of imide groups is 1. The smallest absolute Gasteiger partial charge is 0.255 e. The van der Waals surface area contributed by atoms with Crippen molar-refractivity contribution in [3.05, 3.63) is 70.2 Å².